The Morgan fingerprint density at radius 2 is 1.96 bits per heavy atom. The Morgan fingerprint density at radius 1 is 1.22 bits per heavy atom. The molecule has 1 aliphatic heterocycles. The predicted molar refractivity (Wildman–Crippen MR) is 98.8 cm³/mol. The van der Waals surface area contributed by atoms with Gasteiger partial charge in [-0.15, -0.1) is 11.3 Å². The molecule has 2 fully saturated rings. The number of thiazole rings is 1. The minimum Gasteiger partial charge on any atom is -0.458 e. The number of nitrogens with one attached hydrogen (secondary N) is 1. The molecule has 1 N–H and O–H groups in total. The van der Waals surface area contributed by atoms with Gasteiger partial charge in [-0.25, -0.2) is 9.78 Å². The molecule has 0 atom stereocenters. The van der Waals surface area contributed by atoms with Crippen molar-refractivity contribution < 1.29 is 19.1 Å². The number of ether oxygens (including phenoxy) is 1. The molecule has 2 aliphatic rings. The molecular weight excluding hydrogens is 366 g/mol. The standard InChI is InChI=1S/C19H19N3O4S/c23-15(10-22-17(24)19(21-18(22)25)8-4-5-9-19)26-11-14-12-27-16(20-14)13-6-2-1-3-7-13/h1-3,6-7,12H,4-5,8-11H2,(H,21,25). The maximum atomic E-state index is 12.5. The molecule has 3 amide bonds. The lowest BCUT2D eigenvalue weighted by molar-refractivity contribution is -0.148. The first-order valence-electron chi connectivity index (χ1n) is 8.87. The van der Waals surface area contributed by atoms with Crippen LogP contribution in [0, 0.1) is 0 Å². The number of imide groups is 1. The Bertz CT molecular complexity index is 874. The van der Waals surface area contributed by atoms with Gasteiger partial charge in [-0.1, -0.05) is 43.2 Å². The van der Waals surface area contributed by atoms with Gasteiger partial charge in [0, 0.05) is 10.9 Å². The summed E-state index contributed by atoms with van der Waals surface area (Å²) >= 11 is 1.47. The van der Waals surface area contributed by atoms with Crippen molar-refractivity contribution in [2.75, 3.05) is 6.54 Å². The lowest BCUT2D eigenvalue weighted by atomic mass is 9.98. The summed E-state index contributed by atoms with van der Waals surface area (Å²) < 4.78 is 5.22. The fraction of sp³-hybridized carbons (Fsp3) is 0.368. The zero-order chi connectivity index (χ0) is 18.9. The molecule has 4 rings (SSSR count). The zero-order valence-corrected chi connectivity index (χ0v) is 15.5. The second-order valence-electron chi connectivity index (χ2n) is 6.78. The molecule has 140 valence electrons. The topological polar surface area (TPSA) is 88.6 Å². The molecule has 1 saturated carbocycles. The summed E-state index contributed by atoms with van der Waals surface area (Å²) in [6.07, 6.45) is 3.06. The summed E-state index contributed by atoms with van der Waals surface area (Å²) in [5.74, 6) is -0.940. The number of urea groups is 1. The Balaban J connectivity index is 1.33. The van der Waals surface area contributed by atoms with E-state index < -0.39 is 17.5 Å². The van der Waals surface area contributed by atoms with Crippen molar-refractivity contribution in [3.8, 4) is 10.6 Å². The Hall–Kier alpha value is -2.74. The van der Waals surface area contributed by atoms with Crippen LogP contribution in [0.2, 0.25) is 0 Å². The van der Waals surface area contributed by atoms with Crippen LogP contribution in [0.5, 0.6) is 0 Å². The van der Waals surface area contributed by atoms with Crippen LogP contribution >= 0.6 is 11.3 Å². The quantitative estimate of drug-likeness (QED) is 0.631. The highest BCUT2D eigenvalue weighted by atomic mass is 32.1. The van der Waals surface area contributed by atoms with E-state index in [-0.39, 0.29) is 19.1 Å². The molecule has 1 aliphatic carbocycles. The number of rotatable bonds is 5. The number of hydrogen-bond donors (Lipinski definition) is 1. The summed E-state index contributed by atoms with van der Waals surface area (Å²) in [6.45, 7) is -0.362. The molecule has 7 nitrogen and oxygen atoms in total. The van der Waals surface area contributed by atoms with Gasteiger partial charge in [0.25, 0.3) is 5.91 Å². The first-order chi connectivity index (χ1) is 13.1. The molecule has 2 heterocycles. The fourth-order valence-corrected chi connectivity index (χ4v) is 4.36. The van der Waals surface area contributed by atoms with Crippen LogP contribution in [-0.2, 0) is 20.9 Å². The number of hydrogen-bond acceptors (Lipinski definition) is 6. The molecule has 0 radical (unpaired) electrons. The molecule has 1 spiro atoms. The summed E-state index contributed by atoms with van der Waals surface area (Å²) in [7, 11) is 0. The summed E-state index contributed by atoms with van der Waals surface area (Å²) in [4.78, 5) is 42.2. The third kappa shape index (κ3) is 3.44. The highest BCUT2D eigenvalue weighted by molar-refractivity contribution is 7.13. The molecule has 2 aromatic rings. The molecular formula is C19H19N3O4S. The van der Waals surface area contributed by atoms with E-state index in [0.29, 0.717) is 18.5 Å². The van der Waals surface area contributed by atoms with Crippen molar-refractivity contribution in [1.29, 1.82) is 0 Å². The van der Waals surface area contributed by atoms with Crippen molar-refractivity contribution in [3.63, 3.8) is 0 Å². The number of carbonyl (C=O) groups is 3. The molecule has 8 heteroatoms. The Morgan fingerprint density at radius 3 is 2.70 bits per heavy atom. The minimum absolute atomic E-state index is 0.0109. The highest BCUT2D eigenvalue weighted by Crippen LogP contribution is 2.35. The van der Waals surface area contributed by atoms with Crippen LogP contribution in [0.3, 0.4) is 0 Å². The van der Waals surface area contributed by atoms with Crippen LogP contribution in [0.1, 0.15) is 31.4 Å². The monoisotopic (exact) mass is 385 g/mol. The van der Waals surface area contributed by atoms with E-state index >= 15 is 0 Å². The van der Waals surface area contributed by atoms with Crippen molar-refractivity contribution in [2.45, 2.75) is 37.8 Å². The number of benzene rings is 1. The van der Waals surface area contributed by atoms with E-state index in [1.807, 2.05) is 35.7 Å². The first-order valence-corrected chi connectivity index (χ1v) is 9.75. The van der Waals surface area contributed by atoms with Crippen LogP contribution in [0.15, 0.2) is 35.7 Å². The van der Waals surface area contributed by atoms with E-state index in [1.165, 1.54) is 11.3 Å². The van der Waals surface area contributed by atoms with Gasteiger partial charge in [0.15, 0.2) is 0 Å². The average Bonchev–Trinajstić information content (AvgIpc) is 3.39. The number of carbonyl (C=O) groups excluding carboxylic acids is 3. The summed E-state index contributed by atoms with van der Waals surface area (Å²) in [6, 6.07) is 9.22. The van der Waals surface area contributed by atoms with Gasteiger partial charge in [-0.3, -0.25) is 14.5 Å². The van der Waals surface area contributed by atoms with E-state index in [0.717, 1.165) is 28.3 Å². The predicted octanol–water partition coefficient (Wildman–Crippen LogP) is 2.72. The molecule has 1 aromatic heterocycles. The number of nitrogens with zero attached hydrogens (tertiary/aromatic N) is 2. The SMILES string of the molecule is O=C(CN1C(=O)NC2(CCCC2)C1=O)OCc1csc(-c2ccccc2)n1. The molecule has 0 bridgehead atoms. The van der Waals surface area contributed by atoms with Gasteiger partial charge in [0.2, 0.25) is 0 Å². The van der Waals surface area contributed by atoms with Crippen molar-refractivity contribution in [3.05, 3.63) is 41.4 Å². The van der Waals surface area contributed by atoms with E-state index in [9.17, 15) is 14.4 Å². The molecule has 27 heavy (non-hydrogen) atoms. The maximum Gasteiger partial charge on any atom is 0.326 e. The maximum absolute atomic E-state index is 12.5. The fourth-order valence-electron chi connectivity index (χ4n) is 3.55. The average molecular weight is 385 g/mol. The number of amides is 3. The Labute approximate surface area is 160 Å². The molecule has 0 unspecified atom stereocenters. The van der Waals surface area contributed by atoms with Gasteiger partial charge in [0.05, 0.1) is 5.69 Å². The highest BCUT2D eigenvalue weighted by Gasteiger charge is 2.52. The van der Waals surface area contributed by atoms with Crippen molar-refractivity contribution in [2.24, 2.45) is 0 Å². The van der Waals surface area contributed by atoms with Crippen LogP contribution in [0.25, 0.3) is 10.6 Å². The van der Waals surface area contributed by atoms with Gasteiger partial charge < -0.3 is 10.1 Å². The zero-order valence-electron chi connectivity index (χ0n) is 14.6. The Kier molecular flexibility index (Phi) is 4.65. The first kappa shape index (κ1) is 17.7. The summed E-state index contributed by atoms with van der Waals surface area (Å²) in [5.41, 5.74) is 0.828. The van der Waals surface area contributed by atoms with Crippen LogP contribution in [-0.4, -0.2) is 39.9 Å². The second kappa shape index (κ2) is 7.11. The van der Waals surface area contributed by atoms with E-state index in [2.05, 4.69) is 10.3 Å². The van der Waals surface area contributed by atoms with Crippen LogP contribution in [0.4, 0.5) is 4.79 Å². The van der Waals surface area contributed by atoms with Gasteiger partial charge in [-0.05, 0) is 12.8 Å². The van der Waals surface area contributed by atoms with E-state index in [4.69, 9.17) is 4.74 Å². The normalized spacial score (nSPS) is 18.1. The smallest absolute Gasteiger partial charge is 0.326 e. The molecule has 1 aromatic carbocycles. The van der Waals surface area contributed by atoms with Crippen LogP contribution < -0.4 is 5.32 Å². The second-order valence-corrected chi connectivity index (χ2v) is 7.64. The largest absolute Gasteiger partial charge is 0.458 e. The van der Waals surface area contributed by atoms with E-state index in [1.54, 1.807) is 0 Å². The van der Waals surface area contributed by atoms with Gasteiger partial charge in [-0.2, -0.15) is 0 Å². The van der Waals surface area contributed by atoms with Gasteiger partial charge in [0.1, 0.15) is 23.7 Å². The van der Waals surface area contributed by atoms with Crippen molar-refractivity contribution >= 4 is 29.2 Å². The lowest BCUT2D eigenvalue weighted by Gasteiger charge is -2.19. The molecule has 1 saturated heterocycles. The third-order valence-corrected chi connectivity index (χ3v) is 5.88. The number of esters is 1. The minimum atomic E-state index is -0.809. The summed E-state index contributed by atoms with van der Waals surface area (Å²) in [5, 5.41) is 5.43. The lowest BCUT2D eigenvalue weighted by Crippen LogP contribution is -2.44. The van der Waals surface area contributed by atoms with Crippen molar-refractivity contribution in [1.82, 2.24) is 15.2 Å². The number of aromatic nitrogens is 1. The third-order valence-electron chi connectivity index (χ3n) is 4.94. The van der Waals surface area contributed by atoms with Gasteiger partial charge >= 0.3 is 12.0 Å².